The number of aromatic hydroxyl groups is 1. The van der Waals surface area contributed by atoms with Crippen LogP contribution in [0.3, 0.4) is 0 Å². The topological polar surface area (TPSA) is 77.8 Å². The number of hydrogen-bond acceptors (Lipinski definition) is 3. The fraction of sp³-hybridized carbons (Fsp3) is 0.364. The molecule has 0 fully saturated rings. The maximum Gasteiger partial charge on any atom is 0.332 e. The molecule has 0 spiro atoms. The van der Waals surface area contributed by atoms with Crippen molar-refractivity contribution in [1.82, 2.24) is 0 Å². The van der Waals surface area contributed by atoms with Crippen LogP contribution in [0.5, 0.6) is 5.75 Å². The summed E-state index contributed by atoms with van der Waals surface area (Å²) >= 11 is 0. The summed E-state index contributed by atoms with van der Waals surface area (Å²) in [6.45, 7) is 3.48. The first-order valence-corrected chi connectivity index (χ1v) is 4.64. The van der Waals surface area contributed by atoms with Crippen molar-refractivity contribution in [3.05, 3.63) is 29.8 Å². The first-order chi connectivity index (χ1) is 6.99. The van der Waals surface area contributed by atoms with Gasteiger partial charge in [-0.25, -0.2) is 4.79 Å². The summed E-state index contributed by atoms with van der Waals surface area (Å²) in [6.07, 6.45) is -0.907. The number of carboxylic acid groups (broad SMARTS) is 1. The van der Waals surface area contributed by atoms with Crippen molar-refractivity contribution < 1.29 is 20.1 Å². The van der Waals surface area contributed by atoms with Gasteiger partial charge in [0, 0.05) is 0 Å². The Morgan fingerprint density at radius 3 is 2.13 bits per heavy atom. The average molecular weight is 212 g/mol. The Labute approximate surface area is 88.8 Å². The zero-order valence-electron chi connectivity index (χ0n) is 8.84. The van der Waals surface area contributed by atoms with Crippen molar-refractivity contribution in [3.8, 4) is 5.75 Å². The molecule has 0 heterocycles. The lowest BCUT2D eigenvalue weighted by molar-refractivity contribution is -0.146. The van der Waals surface area contributed by atoms with Gasteiger partial charge in [0.05, 0.1) is 0 Å². The van der Waals surface area contributed by atoms with Crippen molar-refractivity contribution in [2.45, 2.75) is 26.4 Å². The second-order valence-electron chi connectivity index (χ2n) is 3.05. The molecule has 0 saturated heterocycles. The van der Waals surface area contributed by atoms with Crippen LogP contribution in [0.25, 0.3) is 0 Å². The van der Waals surface area contributed by atoms with Crippen molar-refractivity contribution >= 4 is 5.97 Å². The van der Waals surface area contributed by atoms with Crippen molar-refractivity contribution in [2.75, 3.05) is 0 Å². The Morgan fingerprint density at radius 1 is 1.40 bits per heavy atom. The molecule has 4 heteroatoms. The average Bonchev–Trinajstić information content (AvgIpc) is 2.22. The van der Waals surface area contributed by atoms with Gasteiger partial charge in [-0.3, -0.25) is 0 Å². The summed E-state index contributed by atoms with van der Waals surface area (Å²) in [5.41, 5.74) is 0.924. The van der Waals surface area contributed by atoms with E-state index in [1.54, 1.807) is 13.0 Å². The molecule has 0 bridgehead atoms. The Bertz CT molecular complexity index is 288. The molecule has 0 aliphatic carbocycles. The van der Waals surface area contributed by atoms with Crippen LogP contribution < -0.4 is 0 Å². The predicted molar refractivity (Wildman–Crippen MR) is 56.8 cm³/mol. The number of aryl methyl sites for hydroxylation is 1. The van der Waals surface area contributed by atoms with Crippen LogP contribution >= 0.6 is 0 Å². The summed E-state index contributed by atoms with van der Waals surface area (Å²) in [6, 6.07) is 7.25. The molecule has 3 N–H and O–H groups in total. The van der Waals surface area contributed by atoms with Crippen LogP contribution in [-0.2, 0) is 4.79 Å². The highest BCUT2D eigenvalue weighted by Crippen LogP contribution is 2.12. The number of carboxylic acids is 1. The number of rotatable bonds is 2. The van der Waals surface area contributed by atoms with Crippen LogP contribution in [0.15, 0.2) is 24.3 Å². The number of hydrogen-bond donors (Lipinski definition) is 3. The van der Waals surface area contributed by atoms with Crippen molar-refractivity contribution in [2.24, 2.45) is 0 Å². The Hall–Kier alpha value is -1.55. The summed E-state index contributed by atoms with van der Waals surface area (Å²) in [7, 11) is 0. The number of aliphatic hydroxyl groups is 1. The van der Waals surface area contributed by atoms with Gasteiger partial charge < -0.3 is 15.3 Å². The van der Waals surface area contributed by atoms with Gasteiger partial charge in [0.15, 0.2) is 6.10 Å². The Kier molecular flexibility index (Phi) is 6.13. The van der Waals surface area contributed by atoms with Gasteiger partial charge in [0.1, 0.15) is 5.75 Å². The molecular weight excluding hydrogens is 196 g/mol. The third-order valence-corrected chi connectivity index (χ3v) is 1.79. The first kappa shape index (κ1) is 13.4. The molecule has 0 radical (unpaired) electrons. The SMILES string of the molecule is CCC(O)C(=O)O.Cc1ccccc1O. The Balaban J connectivity index is 0.000000265. The second kappa shape index (κ2) is 6.84. The van der Waals surface area contributed by atoms with E-state index in [1.165, 1.54) is 0 Å². The predicted octanol–water partition coefficient (Wildman–Crippen LogP) is 1.54. The third-order valence-electron chi connectivity index (χ3n) is 1.79. The fourth-order valence-electron chi connectivity index (χ4n) is 0.738. The molecule has 0 aliphatic heterocycles. The molecule has 1 unspecified atom stereocenters. The van der Waals surface area contributed by atoms with E-state index in [4.69, 9.17) is 15.3 Å². The van der Waals surface area contributed by atoms with E-state index in [9.17, 15) is 4.79 Å². The third kappa shape index (κ3) is 5.70. The minimum atomic E-state index is -1.18. The minimum Gasteiger partial charge on any atom is -0.508 e. The number of aliphatic carboxylic acids is 1. The molecule has 1 aromatic rings. The molecular formula is C11H16O4. The molecule has 84 valence electrons. The minimum absolute atomic E-state index is 0.273. The highest BCUT2D eigenvalue weighted by atomic mass is 16.4. The molecule has 4 nitrogen and oxygen atoms in total. The lowest BCUT2D eigenvalue weighted by atomic mass is 10.2. The van der Waals surface area contributed by atoms with E-state index in [1.807, 2.05) is 25.1 Å². The summed E-state index contributed by atoms with van der Waals surface area (Å²) in [4.78, 5) is 9.68. The number of benzene rings is 1. The highest BCUT2D eigenvalue weighted by Gasteiger charge is 2.07. The molecule has 15 heavy (non-hydrogen) atoms. The largest absolute Gasteiger partial charge is 0.508 e. The van der Waals surface area contributed by atoms with Gasteiger partial charge in [0.25, 0.3) is 0 Å². The standard InChI is InChI=1S/C7H8O.C4H8O3/c1-6-4-2-3-5-7(6)8;1-2-3(5)4(6)7/h2-5,8H,1H3;3,5H,2H2,1H3,(H,6,7). The van der Waals surface area contributed by atoms with Gasteiger partial charge in [0.2, 0.25) is 0 Å². The van der Waals surface area contributed by atoms with Gasteiger partial charge in [-0.05, 0) is 25.0 Å². The lowest BCUT2D eigenvalue weighted by Crippen LogP contribution is -2.17. The monoisotopic (exact) mass is 212 g/mol. The molecule has 0 amide bonds. The van der Waals surface area contributed by atoms with Crippen molar-refractivity contribution in [1.29, 1.82) is 0 Å². The van der Waals surface area contributed by atoms with Gasteiger partial charge >= 0.3 is 5.97 Å². The van der Waals surface area contributed by atoms with Gasteiger partial charge in [-0.1, -0.05) is 25.1 Å². The fourth-order valence-corrected chi connectivity index (χ4v) is 0.738. The van der Waals surface area contributed by atoms with E-state index in [-0.39, 0.29) is 6.42 Å². The van der Waals surface area contributed by atoms with Crippen LogP contribution in [0.4, 0.5) is 0 Å². The van der Waals surface area contributed by atoms with Crippen LogP contribution in [0.1, 0.15) is 18.9 Å². The molecule has 0 aromatic heterocycles. The van der Waals surface area contributed by atoms with Gasteiger partial charge in [-0.15, -0.1) is 0 Å². The summed E-state index contributed by atoms with van der Waals surface area (Å²) in [5.74, 6) is -0.782. The van der Waals surface area contributed by atoms with Crippen LogP contribution in [-0.4, -0.2) is 27.4 Å². The van der Waals surface area contributed by atoms with E-state index in [2.05, 4.69) is 0 Å². The van der Waals surface area contributed by atoms with E-state index in [0.717, 1.165) is 5.56 Å². The quantitative estimate of drug-likeness (QED) is 0.695. The normalized spacial score (nSPS) is 11.1. The van der Waals surface area contributed by atoms with Crippen LogP contribution in [0.2, 0.25) is 0 Å². The molecule has 1 atom stereocenters. The zero-order chi connectivity index (χ0) is 11.8. The van der Waals surface area contributed by atoms with Gasteiger partial charge in [-0.2, -0.15) is 0 Å². The van der Waals surface area contributed by atoms with Crippen LogP contribution in [0, 0.1) is 6.92 Å². The maximum absolute atomic E-state index is 9.68. The maximum atomic E-state index is 9.68. The lowest BCUT2D eigenvalue weighted by Gasteiger charge is -1.95. The van der Waals surface area contributed by atoms with Crippen molar-refractivity contribution in [3.63, 3.8) is 0 Å². The number of carbonyl (C=O) groups is 1. The smallest absolute Gasteiger partial charge is 0.332 e. The van der Waals surface area contributed by atoms with E-state index in [0.29, 0.717) is 5.75 Å². The molecule has 1 aromatic carbocycles. The first-order valence-electron chi connectivity index (χ1n) is 4.64. The summed E-state index contributed by atoms with van der Waals surface area (Å²) in [5, 5.41) is 25.2. The number of phenolic OH excluding ortho intramolecular Hbond substituents is 1. The highest BCUT2D eigenvalue weighted by molar-refractivity contribution is 5.71. The van der Waals surface area contributed by atoms with E-state index < -0.39 is 12.1 Å². The molecule has 1 rings (SSSR count). The number of aliphatic hydroxyl groups excluding tert-OH is 1. The molecule has 0 saturated carbocycles. The second-order valence-corrected chi connectivity index (χ2v) is 3.05. The summed E-state index contributed by atoms with van der Waals surface area (Å²) < 4.78 is 0. The van der Waals surface area contributed by atoms with E-state index >= 15 is 0 Å². The number of phenols is 1. The number of para-hydroxylation sites is 1. The zero-order valence-corrected chi connectivity index (χ0v) is 8.84. The Morgan fingerprint density at radius 2 is 1.93 bits per heavy atom. The molecule has 0 aliphatic rings.